The van der Waals surface area contributed by atoms with Crippen LogP contribution in [0.25, 0.3) is 11.5 Å². The molecular weight excluding hydrogens is 266 g/mol. The predicted octanol–water partition coefficient (Wildman–Crippen LogP) is 3.37. The Kier molecular flexibility index (Phi) is 5.75. The zero-order valence-electron chi connectivity index (χ0n) is 13.0. The quantitative estimate of drug-likeness (QED) is 0.745. The fourth-order valence-corrected chi connectivity index (χ4v) is 2.28. The highest BCUT2D eigenvalue weighted by molar-refractivity contribution is 5.55. The number of benzene rings is 1. The van der Waals surface area contributed by atoms with Crippen LogP contribution < -0.4 is 4.74 Å². The minimum absolute atomic E-state index is 0.539. The smallest absolute Gasteiger partial charge is 0.247 e. The molecule has 0 amide bonds. The van der Waals surface area contributed by atoms with E-state index in [4.69, 9.17) is 9.15 Å². The highest BCUT2D eigenvalue weighted by Gasteiger charge is 2.12. The van der Waals surface area contributed by atoms with Crippen LogP contribution in [0.2, 0.25) is 0 Å². The standard InChI is InChI=1S/C16H23N3O2/c1-4-9-19(10-5-2)12-15-17-18-16(21-15)13-7-6-8-14(11-13)20-3/h6-8,11H,4-5,9-10,12H2,1-3H3. The Hall–Kier alpha value is -1.88. The molecule has 0 radical (unpaired) electrons. The number of ether oxygens (including phenoxy) is 1. The molecule has 0 aliphatic heterocycles. The zero-order chi connectivity index (χ0) is 15.1. The van der Waals surface area contributed by atoms with Gasteiger partial charge in [-0.1, -0.05) is 19.9 Å². The average Bonchev–Trinajstić information content (AvgIpc) is 2.96. The van der Waals surface area contributed by atoms with E-state index in [1.54, 1.807) is 7.11 Å². The van der Waals surface area contributed by atoms with Gasteiger partial charge in [-0.3, -0.25) is 4.90 Å². The summed E-state index contributed by atoms with van der Waals surface area (Å²) >= 11 is 0. The zero-order valence-corrected chi connectivity index (χ0v) is 13.0. The molecule has 1 aromatic carbocycles. The fraction of sp³-hybridized carbons (Fsp3) is 0.500. The number of aromatic nitrogens is 2. The Bertz CT molecular complexity index is 548. The van der Waals surface area contributed by atoms with Gasteiger partial charge < -0.3 is 9.15 Å². The van der Waals surface area contributed by atoms with Crippen molar-refractivity contribution in [2.45, 2.75) is 33.2 Å². The first-order valence-electron chi connectivity index (χ1n) is 7.46. The van der Waals surface area contributed by atoms with E-state index in [0.29, 0.717) is 18.3 Å². The largest absolute Gasteiger partial charge is 0.497 e. The van der Waals surface area contributed by atoms with Gasteiger partial charge >= 0.3 is 0 Å². The van der Waals surface area contributed by atoms with Crippen LogP contribution in [-0.2, 0) is 6.54 Å². The predicted molar refractivity (Wildman–Crippen MR) is 82.1 cm³/mol. The van der Waals surface area contributed by atoms with E-state index in [-0.39, 0.29) is 0 Å². The molecule has 0 bridgehead atoms. The van der Waals surface area contributed by atoms with Crippen LogP contribution in [0.15, 0.2) is 28.7 Å². The van der Waals surface area contributed by atoms with Crippen LogP contribution >= 0.6 is 0 Å². The first-order valence-corrected chi connectivity index (χ1v) is 7.46. The van der Waals surface area contributed by atoms with Crippen molar-refractivity contribution in [2.24, 2.45) is 0 Å². The molecule has 0 aliphatic carbocycles. The molecule has 114 valence electrons. The topological polar surface area (TPSA) is 51.4 Å². The SMILES string of the molecule is CCCN(CCC)Cc1nnc(-c2cccc(OC)c2)o1. The van der Waals surface area contributed by atoms with Crippen molar-refractivity contribution >= 4 is 0 Å². The second kappa shape index (κ2) is 7.78. The molecule has 1 heterocycles. The van der Waals surface area contributed by atoms with Crippen LogP contribution in [0.3, 0.4) is 0 Å². The molecular formula is C16H23N3O2. The van der Waals surface area contributed by atoms with Gasteiger partial charge in [0.05, 0.1) is 13.7 Å². The molecule has 0 saturated carbocycles. The molecule has 0 N–H and O–H groups in total. The summed E-state index contributed by atoms with van der Waals surface area (Å²) in [5.41, 5.74) is 0.880. The molecule has 0 unspecified atom stereocenters. The van der Waals surface area contributed by atoms with E-state index >= 15 is 0 Å². The van der Waals surface area contributed by atoms with Crippen LogP contribution in [0, 0.1) is 0 Å². The van der Waals surface area contributed by atoms with Crippen molar-refractivity contribution in [3.8, 4) is 17.2 Å². The van der Waals surface area contributed by atoms with Crippen molar-refractivity contribution in [1.29, 1.82) is 0 Å². The van der Waals surface area contributed by atoms with Crippen molar-refractivity contribution in [3.63, 3.8) is 0 Å². The molecule has 5 nitrogen and oxygen atoms in total. The minimum atomic E-state index is 0.539. The van der Waals surface area contributed by atoms with E-state index < -0.39 is 0 Å². The Labute approximate surface area is 125 Å². The van der Waals surface area contributed by atoms with E-state index in [2.05, 4.69) is 28.9 Å². The van der Waals surface area contributed by atoms with E-state index in [1.165, 1.54) is 0 Å². The van der Waals surface area contributed by atoms with Crippen molar-refractivity contribution < 1.29 is 9.15 Å². The number of hydrogen-bond donors (Lipinski definition) is 0. The lowest BCUT2D eigenvalue weighted by atomic mass is 10.2. The third kappa shape index (κ3) is 4.29. The number of rotatable bonds is 8. The van der Waals surface area contributed by atoms with E-state index in [1.807, 2.05) is 24.3 Å². The molecule has 0 atom stereocenters. The second-order valence-corrected chi connectivity index (χ2v) is 5.01. The minimum Gasteiger partial charge on any atom is -0.497 e. The van der Waals surface area contributed by atoms with Crippen molar-refractivity contribution in [3.05, 3.63) is 30.2 Å². The summed E-state index contributed by atoms with van der Waals surface area (Å²) in [6.07, 6.45) is 2.24. The molecule has 21 heavy (non-hydrogen) atoms. The van der Waals surface area contributed by atoms with Gasteiger partial charge in [0.25, 0.3) is 0 Å². The molecule has 0 saturated heterocycles. The molecule has 1 aromatic heterocycles. The molecule has 5 heteroatoms. The average molecular weight is 289 g/mol. The first-order chi connectivity index (χ1) is 10.3. The molecule has 0 spiro atoms. The Balaban J connectivity index is 2.09. The summed E-state index contributed by atoms with van der Waals surface area (Å²) < 4.78 is 11.0. The van der Waals surface area contributed by atoms with E-state index in [9.17, 15) is 0 Å². The molecule has 2 rings (SSSR count). The van der Waals surface area contributed by atoms with Gasteiger partial charge in [0.15, 0.2) is 0 Å². The van der Waals surface area contributed by atoms with E-state index in [0.717, 1.165) is 37.2 Å². The lowest BCUT2D eigenvalue weighted by Gasteiger charge is -2.18. The number of methoxy groups -OCH3 is 1. The van der Waals surface area contributed by atoms with Crippen LogP contribution in [0.1, 0.15) is 32.6 Å². The summed E-state index contributed by atoms with van der Waals surface area (Å²) in [6.45, 7) is 7.16. The second-order valence-electron chi connectivity index (χ2n) is 5.01. The lowest BCUT2D eigenvalue weighted by Crippen LogP contribution is -2.25. The summed E-state index contributed by atoms with van der Waals surface area (Å²) in [5, 5.41) is 8.29. The summed E-state index contributed by atoms with van der Waals surface area (Å²) in [5.74, 6) is 1.98. The van der Waals surface area contributed by atoms with Gasteiger partial charge in [0.1, 0.15) is 5.75 Å². The summed E-state index contributed by atoms with van der Waals surface area (Å²) in [7, 11) is 1.64. The lowest BCUT2D eigenvalue weighted by molar-refractivity contribution is 0.240. The maximum Gasteiger partial charge on any atom is 0.247 e. The molecule has 0 fully saturated rings. The normalized spacial score (nSPS) is 11.0. The Morgan fingerprint density at radius 1 is 1.14 bits per heavy atom. The van der Waals surface area contributed by atoms with Crippen LogP contribution in [0.5, 0.6) is 5.75 Å². The van der Waals surface area contributed by atoms with Crippen LogP contribution in [0.4, 0.5) is 0 Å². The molecule has 2 aromatic rings. The fourth-order valence-electron chi connectivity index (χ4n) is 2.28. The monoisotopic (exact) mass is 289 g/mol. The van der Waals surface area contributed by atoms with Crippen LogP contribution in [-0.4, -0.2) is 35.3 Å². The summed E-state index contributed by atoms with van der Waals surface area (Å²) in [6, 6.07) is 7.65. The van der Waals surface area contributed by atoms with Gasteiger partial charge in [-0.25, -0.2) is 0 Å². The summed E-state index contributed by atoms with van der Waals surface area (Å²) in [4.78, 5) is 2.34. The maximum absolute atomic E-state index is 5.77. The highest BCUT2D eigenvalue weighted by Crippen LogP contribution is 2.22. The van der Waals surface area contributed by atoms with Crippen molar-refractivity contribution in [1.82, 2.24) is 15.1 Å². The van der Waals surface area contributed by atoms with Gasteiger partial charge in [0.2, 0.25) is 11.8 Å². The maximum atomic E-state index is 5.77. The van der Waals surface area contributed by atoms with Gasteiger partial charge in [-0.05, 0) is 44.1 Å². The van der Waals surface area contributed by atoms with Gasteiger partial charge in [-0.15, -0.1) is 10.2 Å². The Morgan fingerprint density at radius 3 is 2.57 bits per heavy atom. The van der Waals surface area contributed by atoms with Crippen molar-refractivity contribution in [2.75, 3.05) is 20.2 Å². The number of nitrogens with zero attached hydrogens (tertiary/aromatic N) is 3. The van der Waals surface area contributed by atoms with Gasteiger partial charge in [-0.2, -0.15) is 0 Å². The highest BCUT2D eigenvalue weighted by atomic mass is 16.5. The third-order valence-corrected chi connectivity index (χ3v) is 3.22. The number of hydrogen-bond acceptors (Lipinski definition) is 5. The third-order valence-electron chi connectivity index (χ3n) is 3.22. The first kappa shape index (κ1) is 15.5. The van der Waals surface area contributed by atoms with Gasteiger partial charge in [0, 0.05) is 5.56 Å². The molecule has 0 aliphatic rings. The Morgan fingerprint density at radius 2 is 1.90 bits per heavy atom.